The summed E-state index contributed by atoms with van der Waals surface area (Å²) in [4.78, 5) is 36.1. The van der Waals surface area contributed by atoms with Crippen LogP contribution in [0, 0.1) is 5.92 Å². The van der Waals surface area contributed by atoms with Crippen molar-refractivity contribution in [2.75, 3.05) is 12.4 Å². The Hall–Kier alpha value is -2.57. The van der Waals surface area contributed by atoms with E-state index in [9.17, 15) is 14.4 Å². The van der Waals surface area contributed by atoms with Gasteiger partial charge < -0.3 is 20.7 Å². The van der Waals surface area contributed by atoms with Crippen LogP contribution in [0.2, 0.25) is 0 Å². The largest absolute Gasteiger partial charge is 0.467 e. The number of hydrogen-bond donors (Lipinski definition) is 3. The van der Waals surface area contributed by atoms with E-state index in [2.05, 4.69) is 20.7 Å². The Bertz CT molecular complexity index is 616. The van der Waals surface area contributed by atoms with Gasteiger partial charge in [0, 0.05) is 5.69 Å². The molecule has 0 spiro atoms. The number of benzene rings is 1. The molecule has 25 heavy (non-hydrogen) atoms. The Labute approximate surface area is 148 Å². The molecule has 3 amide bonds. The summed E-state index contributed by atoms with van der Waals surface area (Å²) >= 11 is 0. The summed E-state index contributed by atoms with van der Waals surface area (Å²) in [5.41, 5.74) is 1.70. The number of aryl methyl sites for hydroxylation is 1. The quantitative estimate of drug-likeness (QED) is 0.657. The summed E-state index contributed by atoms with van der Waals surface area (Å²) in [6, 6.07) is 5.44. The van der Waals surface area contributed by atoms with Gasteiger partial charge in [-0.25, -0.2) is 9.59 Å². The molecule has 0 radical (unpaired) electrons. The number of hydrogen-bond acceptors (Lipinski definition) is 4. The molecular weight excluding hydrogens is 322 g/mol. The van der Waals surface area contributed by atoms with E-state index in [-0.39, 0.29) is 5.92 Å². The number of carbonyl (C=O) groups excluding carboxylic acids is 3. The minimum atomic E-state index is -0.788. The molecule has 7 heteroatoms. The van der Waals surface area contributed by atoms with Gasteiger partial charge in [-0.3, -0.25) is 4.79 Å². The van der Waals surface area contributed by atoms with Gasteiger partial charge in [-0.1, -0.05) is 39.0 Å². The molecule has 0 saturated heterocycles. The van der Waals surface area contributed by atoms with E-state index in [0.29, 0.717) is 5.69 Å². The smallest absolute Gasteiger partial charge is 0.328 e. The first-order chi connectivity index (χ1) is 11.8. The van der Waals surface area contributed by atoms with Gasteiger partial charge in [-0.2, -0.15) is 0 Å². The van der Waals surface area contributed by atoms with Crippen molar-refractivity contribution in [3.63, 3.8) is 0 Å². The number of urea groups is 1. The van der Waals surface area contributed by atoms with Crippen LogP contribution in [-0.2, 0) is 20.7 Å². The first-order valence-corrected chi connectivity index (χ1v) is 8.33. The first kappa shape index (κ1) is 20.5. The van der Waals surface area contributed by atoms with Crippen LogP contribution >= 0.6 is 0 Å². The van der Waals surface area contributed by atoms with Crippen molar-refractivity contribution in [3.05, 3.63) is 29.8 Å². The zero-order valence-corrected chi connectivity index (χ0v) is 15.4. The van der Waals surface area contributed by atoms with Crippen LogP contribution in [0.5, 0.6) is 0 Å². The van der Waals surface area contributed by atoms with Gasteiger partial charge in [0.15, 0.2) is 0 Å². The molecule has 138 valence electrons. The molecule has 3 N–H and O–H groups in total. The highest BCUT2D eigenvalue weighted by atomic mass is 16.5. The maximum atomic E-state index is 12.4. The fourth-order valence-electron chi connectivity index (χ4n) is 2.32. The highest BCUT2D eigenvalue weighted by Crippen LogP contribution is 2.15. The molecule has 1 aromatic rings. The van der Waals surface area contributed by atoms with Crippen molar-refractivity contribution >= 4 is 23.6 Å². The lowest BCUT2D eigenvalue weighted by Crippen LogP contribution is -2.54. The predicted molar refractivity (Wildman–Crippen MR) is 96.2 cm³/mol. The van der Waals surface area contributed by atoms with Gasteiger partial charge >= 0.3 is 12.0 Å². The highest BCUT2D eigenvalue weighted by Gasteiger charge is 2.27. The Morgan fingerprint density at radius 1 is 1.08 bits per heavy atom. The third-order valence-corrected chi connectivity index (χ3v) is 3.80. The van der Waals surface area contributed by atoms with Gasteiger partial charge in [0.2, 0.25) is 5.91 Å². The molecule has 2 atom stereocenters. The second kappa shape index (κ2) is 9.66. The number of methoxy groups -OCH3 is 1. The first-order valence-electron chi connectivity index (χ1n) is 8.33. The number of rotatable bonds is 7. The van der Waals surface area contributed by atoms with E-state index in [4.69, 9.17) is 0 Å². The predicted octanol–water partition coefficient (Wildman–Crippen LogP) is 2.07. The molecule has 2 unspecified atom stereocenters. The van der Waals surface area contributed by atoms with Crippen molar-refractivity contribution in [3.8, 4) is 0 Å². The Kier molecular flexibility index (Phi) is 7.91. The number of ether oxygens (including phenoxy) is 1. The molecule has 0 fully saturated rings. The van der Waals surface area contributed by atoms with E-state index < -0.39 is 30.0 Å². The zero-order valence-electron chi connectivity index (χ0n) is 15.4. The second-order valence-corrected chi connectivity index (χ2v) is 6.08. The molecule has 0 aliphatic heterocycles. The van der Waals surface area contributed by atoms with Crippen molar-refractivity contribution in [1.82, 2.24) is 10.6 Å². The van der Waals surface area contributed by atoms with E-state index in [1.165, 1.54) is 14.0 Å². The standard InChI is InChI=1S/C18H27N3O4/c1-6-13-9-7-8-10-14(13)20-18(24)21-15(11(2)3)16(22)19-12(4)17(23)25-5/h7-12,15H,6H2,1-5H3,(H,19,22)(H2,20,21,24). The van der Waals surface area contributed by atoms with Gasteiger partial charge in [-0.15, -0.1) is 0 Å². The minimum Gasteiger partial charge on any atom is -0.467 e. The van der Waals surface area contributed by atoms with Crippen LogP contribution in [0.3, 0.4) is 0 Å². The third-order valence-electron chi connectivity index (χ3n) is 3.80. The normalized spacial score (nSPS) is 12.9. The highest BCUT2D eigenvalue weighted by molar-refractivity contribution is 5.95. The van der Waals surface area contributed by atoms with Crippen molar-refractivity contribution in [2.45, 2.75) is 46.2 Å². The Morgan fingerprint density at radius 2 is 1.72 bits per heavy atom. The topological polar surface area (TPSA) is 96.5 Å². The van der Waals surface area contributed by atoms with Crippen LogP contribution in [0.1, 0.15) is 33.3 Å². The molecule has 0 aromatic heterocycles. The number of amides is 3. The Morgan fingerprint density at radius 3 is 2.28 bits per heavy atom. The minimum absolute atomic E-state index is 0.156. The van der Waals surface area contributed by atoms with Crippen LogP contribution in [0.4, 0.5) is 10.5 Å². The average molecular weight is 349 g/mol. The van der Waals surface area contributed by atoms with E-state index in [1.807, 2.05) is 45.0 Å². The molecule has 7 nitrogen and oxygen atoms in total. The van der Waals surface area contributed by atoms with Gasteiger partial charge in [-0.05, 0) is 30.9 Å². The summed E-state index contributed by atoms with van der Waals surface area (Å²) in [6.07, 6.45) is 0.779. The molecule has 0 aliphatic rings. The lowest BCUT2D eigenvalue weighted by Gasteiger charge is -2.23. The Balaban J connectivity index is 2.75. The maximum absolute atomic E-state index is 12.4. The molecule has 0 heterocycles. The maximum Gasteiger partial charge on any atom is 0.328 e. The van der Waals surface area contributed by atoms with Crippen molar-refractivity contribution < 1.29 is 19.1 Å². The fraction of sp³-hybridized carbons (Fsp3) is 0.500. The van der Waals surface area contributed by atoms with Crippen LogP contribution in [-0.4, -0.2) is 37.1 Å². The zero-order chi connectivity index (χ0) is 19.0. The van der Waals surface area contributed by atoms with E-state index in [1.54, 1.807) is 0 Å². The molecular formula is C18H27N3O4. The summed E-state index contributed by atoms with van der Waals surface area (Å²) < 4.78 is 4.59. The molecule has 0 aliphatic carbocycles. The fourth-order valence-corrected chi connectivity index (χ4v) is 2.32. The van der Waals surface area contributed by atoms with Crippen molar-refractivity contribution in [1.29, 1.82) is 0 Å². The lowest BCUT2D eigenvalue weighted by atomic mass is 10.0. The summed E-state index contributed by atoms with van der Waals surface area (Å²) in [7, 11) is 1.25. The van der Waals surface area contributed by atoms with Crippen LogP contribution < -0.4 is 16.0 Å². The number of esters is 1. The van der Waals surface area contributed by atoms with Crippen molar-refractivity contribution in [2.24, 2.45) is 5.92 Å². The summed E-state index contributed by atoms with van der Waals surface area (Å²) in [6.45, 7) is 7.15. The van der Waals surface area contributed by atoms with Gasteiger partial charge in [0.05, 0.1) is 7.11 Å². The molecule has 1 aromatic carbocycles. The SMILES string of the molecule is CCc1ccccc1NC(=O)NC(C(=O)NC(C)C(=O)OC)C(C)C. The van der Waals surface area contributed by atoms with E-state index >= 15 is 0 Å². The lowest BCUT2D eigenvalue weighted by molar-refractivity contribution is -0.144. The second-order valence-electron chi connectivity index (χ2n) is 6.08. The number of anilines is 1. The monoisotopic (exact) mass is 349 g/mol. The molecule has 0 saturated carbocycles. The number of para-hydroxylation sites is 1. The molecule has 0 bridgehead atoms. The van der Waals surface area contributed by atoms with Gasteiger partial charge in [0.1, 0.15) is 12.1 Å². The van der Waals surface area contributed by atoms with Crippen LogP contribution in [0.15, 0.2) is 24.3 Å². The number of nitrogens with one attached hydrogen (secondary N) is 3. The van der Waals surface area contributed by atoms with Gasteiger partial charge in [0.25, 0.3) is 0 Å². The average Bonchev–Trinajstić information content (AvgIpc) is 2.58. The van der Waals surface area contributed by atoms with E-state index in [0.717, 1.165) is 12.0 Å². The summed E-state index contributed by atoms with van der Waals surface area (Å²) in [5.74, 6) is -1.14. The number of carbonyl (C=O) groups is 3. The summed E-state index contributed by atoms with van der Waals surface area (Å²) in [5, 5.41) is 7.98. The molecule has 1 rings (SSSR count). The third kappa shape index (κ3) is 6.10. The van der Waals surface area contributed by atoms with Crippen LogP contribution in [0.25, 0.3) is 0 Å².